The average Bonchev–Trinajstić information content (AvgIpc) is 2.90. The first-order valence-corrected chi connectivity index (χ1v) is 8.58. The van der Waals surface area contributed by atoms with Crippen LogP contribution in [0.3, 0.4) is 0 Å². The minimum absolute atomic E-state index is 0.216. The number of hydrogen-bond donors (Lipinski definition) is 0. The first-order valence-electron chi connectivity index (χ1n) is 8.58. The van der Waals surface area contributed by atoms with Crippen molar-refractivity contribution in [2.75, 3.05) is 25.0 Å². The van der Waals surface area contributed by atoms with E-state index < -0.39 is 0 Å². The molecule has 3 heterocycles. The summed E-state index contributed by atoms with van der Waals surface area (Å²) in [5.41, 5.74) is 1.52. The van der Waals surface area contributed by atoms with Crippen LogP contribution in [0.25, 0.3) is 11.2 Å². The van der Waals surface area contributed by atoms with Gasteiger partial charge in [0, 0.05) is 44.8 Å². The highest BCUT2D eigenvalue weighted by molar-refractivity contribution is 5.81. The highest BCUT2D eigenvalue weighted by Gasteiger charge is 2.32. The maximum absolute atomic E-state index is 12.5. The molecule has 0 spiro atoms. The van der Waals surface area contributed by atoms with Gasteiger partial charge in [0.25, 0.3) is 0 Å². The molecule has 1 aliphatic rings. The molecule has 0 aliphatic carbocycles. The van der Waals surface area contributed by atoms with Crippen LogP contribution in [0.4, 0.5) is 5.95 Å². The number of piperidine rings is 1. The van der Waals surface area contributed by atoms with Crippen molar-refractivity contribution in [1.82, 2.24) is 19.4 Å². The quantitative estimate of drug-likeness (QED) is 0.849. The molecular formula is C18H27N5O. The van der Waals surface area contributed by atoms with Crippen LogP contribution in [0, 0.1) is 5.41 Å². The smallest absolute Gasteiger partial charge is 0.227 e. The molecule has 0 saturated carbocycles. The van der Waals surface area contributed by atoms with Crippen molar-refractivity contribution >= 4 is 23.0 Å². The third kappa shape index (κ3) is 2.97. The van der Waals surface area contributed by atoms with Crippen LogP contribution in [0.5, 0.6) is 0 Å². The number of aryl methyl sites for hydroxylation is 1. The third-order valence-electron chi connectivity index (χ3n) is 4.86. The predicted octanol–water partition coefficient (Wildman–Crippen LogP) is 2.44. The van der Waals surface area contributed by atoms with E-state index in [-0.39, 0.29) is 11.3 Å². The van der Waals surface area contributed by atoms with Crippen LogP contribution in [-0.2, 0) is 11.8 Å². The molecule has 6 nitrogen and oxygen atoms in total. The summed E-state index contributed by atoms with van der Waals surface area (Å²) in [4.78, 5) is 25.8. The highest BCUT2D eigenvalue weighted by Crippen LogP contribution is 2.26. The summed E-state index contributed by atoms with van der Waals surface area (Å²) in [6.45, 7) is 7.75. The molecule has 0 N–H and O–H groups in total. The van der Waals surface area contributed by atoms with Gasteiger partial charge >= 0.3 is 0 Å². The van der Waals surface area contributed by atoms with Gasteiger partial charge < -0.3 is 9.80 Å². The van der Waals surface area contributed by atoms with Gasteiger partial charge in [0.1, 0.15) is 5.52 Å². The molecule has 0 atom stereocenters. The summed E-state index contributed by atoms with van der Waals surface area (Å²) in [7, 11) is 3.95. The van der Waals surface area contributed by atoms with Gasteiger partial charge in [0.15, 0.2) is 5.65 Å². The monoisotopic (exact) mass is 329 g/mol. The second kappa shape index (κ2) is 6.07. The average molecular weight is 329 g/mol. The predicted molar refractivity (Wildman–Crippen MR) is 96.0 cm³/mol. The minimum atomic E-state index is -0.324. The Bertz CT molecular complexity index is 737. The van der Waals surface area contributed by atoms with Gasteiger partial charge in [-0.1, -0.05) is 20.8 Å². The molecule has 0 unspecified atom stereocenters. The molecule has 1 aliphatic heterocycles. The molecule has 130 valence electrons. The summed E-state index contributed by atoms with van der Waals surface area (Å²) in [5.74, 6) is 1.18. The van der Waals surface area contributed by atoms with E-state index in [2.05, 4.69) is 14.5 Å². The molecule has 0 aromatic carbocycles. The van der Waals surface area contributed by atoms with Crippen molar-refractivity contribution in [1.29, 1.82) is 0 Å². The van der Waals surface area contributed by atoms with E-state index in [1.54, 1.807) is 6.20 Å². The third-order valence-corrected chi connectivity index (χ3v) is 4.86. The number of amides is 1. The topological polar surface area (TPSA) is 54.3 Å². The Labute approximate surface area is 143 Å². The van der Waals surface area contributed by atoms with Gasteiger partial charge in [-0.3, -0.25) is 9.36 Å². The molecule has 3 rings (SSSR count). The lowest BCUT2D eigenvalue weighted by Crippen LogP contribution is -2.49. The maximum Gasteiger partial charge on any atom is 0.227 e. The van der Waals surface area contributed by atoms with Gasteiger partial charge in [0.2, 0.25) is 11.9 Å². The van der Waals surface area contributed by atoms with E-state index in [1.807, 2.05) is 51.9 Å². The molecule has 0 radical (unpaired) electrons. The Hall–Kier alpha value is -2.11. The molecule has 1 amide bonds. The molecule has 24 heavy (non-hydrogen) atoms. The molecule has 0 bridgehead atoms. The zero-order valence-corrected chi connectivity index (χ0v) is 15.3. The lowest BCUT2D eigenvalue weighted by molar-refractivity contribution is -0.140. The van der Waals surface area contributed by atoms with E-state index in [1.165, 1.54) is 0 Å². The number of aromatic nitrogens is 3. The normalized spacial score (nSPS) is 16.6. The summed E-state index contributed by atoms with van der Waals surface area (Å²) in [6.07, 6.45) is 3.73. The second-order valence-electron chi connectivity index (χ2n) is 7.70. The fraction of sp³-hybridized carbons (Fsp3) is 0.611. The van der Waals surface area contributed by atoms with Crippen molar-refractivity contribution in [3.63, 3.8) is 0 Å². The van der Waals surface area contributed by atoms with Crippen LogP contribution >= 0.6 is 0 Å². The van der Waals surface area contributed by atoms with Crippen molar-refractivity contribution < 1.29 is 4.79 Å². The first kappa shape index (κ1) is 16.7. The minimum Gasteiger partial charge on any atom is -0.342 e. The van der Waals surface area contributed by atoms with E-state index in [4.69, 9.17) is 4.98 Å². The molecule has 2 aromatic heterocycles. The van der Waals surface area contributed by atoms with E-state index in [9.17, 15) is 4.79 Å². The Kier molecular flexibility index (Phi) is 4.24. The number of pyridine rings is 1. The number of carbonyl (C=O) groups excluding carboxylic acids is 1. The zero-order valence-electron chi connectivity index (χ0n) is 15.3. The number of rotatable bonds is 2. The number of fused-ring (bicyclic) bond motifs is 1. The first-order chi connectivity index (χ1) is 11.3. The van der Waals surface area contributed by atoms with Gasteiger partial charge in [-0.15, -0.1) is 0 Å². The van der Waals surface area contributed by atoms with Crippen LogP contribution in [0.15, 0.2) is 18.3 Å². The second-order valence-corrected chi connectivity index (χ2v) is 7.70. The Morgan fingerprint density at radius 3 is 2.54 bits per heavy atom. The number of imidazole rings is 1. The van der Waals surface area contributed by atoms with Crippen LogP contribution in [-0.4, -0.2) is 51.5 Å². The van der Waals surface area contributed by atoms with Crippen LogP contribution in [0.2, 0.25) is 0 Å². The molecule has 6 heteroatoms. The van der Waals surface area contributed by atoms with Crippen LogP contribution < -0.4 is 4.90 Å². The lowest BCUT2D eigenvalue weighted by atomic mass is 9.93. The Balaban J connectivity index is 1.70. The van der Waals surface area contributed by atoms with E-state index in [0.717, 1.165) is 43.0 Å². The molecule has 1 fully saturated rings. The zero-order chi connectivity index (χ0) is 17.5. The summed E-state index contributed by atoms with van der Waals surface area (Å²) >= 11 is 0. The Morgan fingerprint density at radius 2 is 1.96 bits per heavy atom. The molecular weight excluding hydrogens is 302 g/mol. The summed E-state index contributed by atoms with van der Waals surface area (Å²) in [6, 6.07) is 4.22. The van der Waals surface area contributed by atoms with Gasteiger partial charge in [0.05, 0.1) is 0 Å². The molecule has 1 saturated heterocycles. The number of hydrogen-bond acceptors (Lipinski definition) is 4. The van der Waals surface area contributed by atoms with Crippen molar-refractivity contribution in [3.05, 3.63) is 18.3 Å². The van der Waals surface area contributed by atoms with Gasteiger partial charge in [-0.25, -0.2) is 9.97 Å². The summed E-state index contributed by atoms with van der Waals surface area (Å²) in [5, 5.41) is 0. The largest absolute Gasteiger partial charge is 0.342 e. The van der Waals surface area contributed by atoms with Crippen LogP contribution in [0.1, 0.15) is 33.6 Å². The highest BCUT2D eigenvalue weighted by atomic mass is 16.2. The maximum atomic E-state index is 12.5. The number of anilines is 1. The van der Waals surface area contributed by atoms with Crippen molar-refractivity contribution in [2.24, 2.45) is 12.5 Å². The fourth-order valence-electron chi connectivity index (χ4n) is 3.44. The van der Waals surface area contributed by atoms with Gasteiger partial charge in [-0.2, -0.15) is 0 Å². The number of carbonyl (C=O) groups is 1. The molecule has 2 aromatic rings. The standard InChI is InChI=1S/C18H27N5O/c1-18(2,3)16(24)21(4)13-8-11-23(12-9-13)17-20-14-7-6-10-19-15(14)22(17)5/h6-7,10,13H,8-9,11-12H2,1-5H3. The number of nitrogens with zero attached hydrogens (tertiary/aromatic N) is 5. The van der Waals surface area contributed by atoms with Crippen molar-refractivity contribution in [2.45, 2.75) is 39.7 Å². The van der Waals surface area contributed by atoms with Crippen molar-refractivity contribution in [3.8, 4) is 0 Å². The van der Waals surface area contributed by atoms with E-state index in [0.29, 0.717) is 6.04 Å². The van der Waals surface area contributed by atoms with Gasteiger partial charge in [-0.05, 0) is 25.0 Å². The Morgan fingerprint density at radius 1 is 1.29 bits per heavy atom. The van der Waals surface area contributed by atoms with E-state index >= 15 is 0 Å². The lowest BCUT2D eigenvalue weighted by Gasteiger charge is -2.39. The SMILES string of the molecule is CN(C(=O)C(C)(C)C)C1CCN(c2nc3cccnc3n2C)CC1. The fourth-order valence-corrected chi connectivity index (χ4v) is 3.44. The summed E-state index contributed by atoms with van der Waals surface area (Å²) < 4.78 is 2.06.